The van der Waals surface area contributed by atoms with E-state index in [4.69, 9.17) is 0 Å². The molecule has 0 spiro atoms. The molecule has 1 aromatic rings. The Morgan fingerprint density at radius 2 is 1.93 bits per heavy atom. The number of nitrogens with zero attached hydrogens (tertiary/aromatic N) is 3. The SMILES string of the molecule is CC(COCC(F)(F)F)n1cnnc1. The van der Waals surface area contributed by atoms with Crippen molar-refractivity contribution in [1.29, 1.82) is 0 Å². The number of alkyl halides is 3. The van der Waals surface area contributed by atoms with Crippen LogP contribution in [-0.2, 0) is 4.74 Å². The summed E-state index contributed by atoms with van der Waals surface area (Å²) in [4.78, 5) is 0. The van der Waals surface area contributed by atoms with Crippen molar-refractivity contribution >= 4 is 0 Å². The molecule has 7 heteroatoms. The molecule has 1 unspecified atom stereocenters. The Morgan fingerprint density at radius 1 is 1.36 bits per heavy atom. The average molecular weight is 209 g/mol. The first-order valence-corrected chi connectivity index (χ1v) is 3.97. The standard InChI is InChI=1S/C7H10F3N3O/c1-6(13-4-11-12-5-13)2-14-3-7(8,9)10/h4-6H,2-3H2,1H3. The first kappa shape index (κ1) is 11.0. The molecule has 0 N–H and O–H groups in total. The van der Waals surface area contributed by atoms with Gasteiger partial charge in [0.05, 0.1) is 12.6 Å². The van der Waals surface area contributed by atoms with E-state index in [1.807, 2.05) is 0 Å². The Balaban J connectivity index is 2.26. The fourth-order valence-corrected chi connectivity index (χ4v) is 0.868. The molecule has 80 valence electrons. The monoisotopic (exact) mass is 209 g/mol. The molecule has 14 heavy (non-hydrogen) atoms. The van der Waals surface area contributed by atoms with Crippen LogP contribution in [0.2, 0.25) is 0 Å². The van der Waals surface area contributed by atoms with Gasteiger partial charge in [-0.25, -0.2) is 0 Å². The smallest absolute Gasteiger partial charge is 0.370 e. The second kappa shape index (κ2) is 4.41. The molecule has 4 nitrogen and oxygen atoms in total. The van der Waals surface area contributed by atoms with Gasteiger partial charge in [-0.3, -0.25) is 0 Å². The molecular formula is C7H10F3N3O. The van der Waals surface area contributed by atoms with E-state index in [0.717, 1.165) is 0 Å². The van der Waals surface area contributed by atoms with Crippen LogP contribution in [0.3, 0.4) is 0 Å². The van der Waals surface area contributed by atoms with Gasteiger partial charge in [0.15, 0.2) is 0 Å². The molecule has 0 fully saturated rings. The lowest BCUT2D eigenvalue weighted by atomic mass is 10.4. The van der Waals surface area contributed by atoms with Gasteiger partial charge in [0.2, 0.25) is 0 Å². The van der Waals surface area contributed by atoms with Crippen molar-refractivity contribution in [3.63, 3.8) is 0 Å². The quantitative estimate of drug-likeness (QED) is 0.752. The highest BCUT2D eigenvalue weighted by atomic mass is 19.4. The number of halogens is 3. The normalized spacial score (nSPS) is 14.3. The highest BCUT2D eigenvalue weighted by molar-refractivity contribution is 4.68. The van der Waals surface area contributed by atoms with Crippen molar-refractivity contribution in [2.75, 3.05) is 13.2 Å². The fourth-order valence-electron chi connectivity index (χ4n) is 0.868. The number of rotatable bonds is 4. The molecule has 0 saturated heterocycles. The molecule has 1 aromatic heterocycles. The molecule has 0 amide bonds. The first-order valence-electron chi connectivity index (χ1n) is 3.97. The first-order chi connectivity index (χ1) is 6.49. The van der Waals surface area contributed by atoms with Gasteiger partial charge in [-0.15, -0.1) is 10.2 Å². The molecule has 1 rings (SSSR count). The van der Waals surface area contributed by atoms with E-state index >= 15 is 0 Å². The number of hydrogen-bond donors (Lipinski definition) is 0. The van der Waals surface area contributed by atoms with Crippen LogP contribution in [0.25, 0.3) is 0 Å². The van der Waals surface area contributed by atoms with Gasteiger partial charge in [-0.05, 0) is 6.92 Å². The number of aromatic nitrogens is 3. The molecule has 0 radical (unpaired) electrons. The topological polar surface area (TPSA) is 39.9 Å². The van der Waals surface area contributed by atoms with Crippen LogP contribution in [0.1, 0.15) is 13.0 Å². The summed E-state index contributed by atoms with van der Waals surface area (Å²) in [7, 11) is 0. The van der Waals surface area contributed by atoms with Crippen LogP contribution < -0.4 is 0 Å². The number of hydrogen-bond acceptors (Lipinski definition) is 3. The zero-order valence-corrected chi connectivity index (χ0v) is 7.53. The van der Waals surface area contributed by atoms with Crippen molar-refractivity contribution in [3.05, 3.63) is 12.7 Å². The van der Waals surface area contributed by atoms with Crippen molar-refractivity contribution in [2.24, 2.45) is 0 Å². The Kier molecular flexibility index (Phi) is 3.45. The minimum absolute atomic E-state index is 0.0163. The largest absolute Gasteiger partial charge is 0.411 e. The van der Waals surface area contributed by atoms with E-state index in [2.05, 4.69) is 14.9 Å². The van der Waals surface area contributed by atoms with Gasteiger partial charge in [0, 0.05) is 0 Å². The van der Waals surface area contributed by atoms with Crippen LogP contribution in [0.4, 0.5) is 13.2 Å². The van der Waals surface area contributed by atoms with E-state index in [-0.39, 0.29) is 12.6 Å². The highest BCUT2D eigenvalue weighted by Gasteiger charge is 2.27. The lowest BCUT2D eigenvalue weighted by molar-refractivity contribution is -0.175. The van der Waals surface area contributed by atoms with E-state index in [9.17, 15) is 13.2 Å². The molecule has 1 atom stereocenters. The lowest BCUT2D eigenvalue weighted by Gasteiger charge is -2.13. The van der Waals surface area contributed by atoms with Gasteiger partial charge in [0.25, 0.3) is 0 Å². The summed E-state index contributed by atoms with van der Waals surface area (Å²) >= 11 is 0. The van der Waals surface area contributed by atoms with Crippen LogP contribution in [0.15, 0.2) is 12.7 Å². The lowest BCUT2D eigenvalue weighted by Crippen LogP contribution is -2.20. The maximum absolute atomic E-state index is 11.7. The number of ether oxygens (including phenoxy) is 1. The van der Waals surface area contributed by atoms with Gasteiger partial charge in [-0.1, -0.05) is 0 Å². The van der Waals surface area contributed by atoms with E-state index in [0.29, 0.717) is 0 Å². The summed E-state index contributed by atoms with van der Waals surface area (Å²) in [5.74, 6) is 0. The molecule has 0 aliphatic carbocycles. The zero-order valence-electron chi connectivity index (χ0n) is 7.53. The van der Waals surface area contributed by atoms with E-state index < -0.39 is 12.8 Å². The van der Waals surface area contributed by atoms with Crippen molar-refractivity contribution < 1.29 is 17.9 Å². The summed E-state index contributed by atoms with van der Waals surface area (Å²) in [6.07, 6.45) is -1.41. The molecule has 0 aliphatic heterocycles. The summed E-state index contributed by atoms with van der Waals surface area (Å²) in [6.45, 7) is 0.483. The van der Waals surface area contributed by atoms with Crippen molar-refractivity contribution in [2.45, 2.75) is 19.1 Å². The van der Waals surface area contributed by atoms with Gasteiger partial charge < -0.3 is 9.30 Å². The molecule has 1 heterocycles. The zero-order chi connectivity index (χ0) is 10.6. The van der Waals surface area contributed by atoms with Crippen LogP contribution >= 0.6 is 0 Å². The minimum Gasteiger partial charge on any atom is -0.370 e. The molecular weight excluding hydrogens is 199 g/mol. The van der Waals surface area contributed by atoms with Gasteiger partial charge >= 0.3 is 6.18 Å². The van der Waals surface area contributed by atoms with Crippen LogP contribution in [0.5, 0.6) is 0 Å². The fraction of sp³-hybridized carbons (Fsp3) is 0.714. The Bertz CT molecular complexity index is 260. The third-order valence-electron chi connectivity index (χ3n) is 1.57. The van der Waals surface area contributed by atoms with Crippen molar-refractivity contribution in [3.8, 4) is 0 Å². The Hall–Kier alpha value is -1.11. The summed E-state index contributed by atoms with van der Waals surface area (Å²) in [5.41, 5.74) is 0. The van der Waals surface area contributed by atoms with Crippen molar-refractivity contribution in [1.82, 2.24) is 14.8 Å². The molecule has 0 bridgehead atoms. The maximum Gasteiger partial charge on any atom is 0.411 e. The molecule has 0 saturated carbocycles. The Labute approximate surface area is 78.7 Å². The Morgan fingerprint density at radius 3 is 2.43 bits per heavy atom. The van der Waals surface area contributed by atoms with Gasteiger partial charge in [0.1, 0.15) is 19.3 Å². The maximum atomic E-state index is 11.7. The van der Waals surface area contributed by atoms with E-state index in [1.165, 1.54) is 12.7 Å². The third-order valence-corrected chi connectivity index (χ3v) is 1.57. The highest BCUT2D eigenvalue weighted by Crippen LogP contribution is 2.15. The van der Waals surface area contributed by atoms with Crippen LogP contribution in [-0.4, -0.2) is 34.2 Å². The van der Waals surface area contributed by atoms with Crippen LogP contribution in [0, 0.1) is 0 Å². The predicted molar refractivity (Wildman–Crippen MR) is 41.6 cm³/mol. The summed E-state index contributed by atoms with van der Waals surface area (Å²) in [6, 6.07) is -0.202. The summed E-state index contributed by atoms with van der Waals surface area (Å²) < 4.78 is 41.1. The molecule has 0 aromatic carbocycles. The summed E-state index contributed by atoms with van der Waals surface area (Å²) in [5, 5.41) is 7.07. The molecule has 0 aliphatic rings. The van der Waals surface area contributed by atoms with E-state index in [1.54, 1.807) is 11.5 Å². The third kappa shape index (κ3) is 3.73. The van der Waals surface area contributed by atoms with Gasteiger partial charge in [-0.2, -0.15) is 13.2 Å². The predicted octanol–water partition coefficient (Wildman–Crippen LogP) is 1.42. The average Bonchev–Trinajstić information content (AvgIpc) is 2.53. The minimum atomic E-state index is -4.27. The second-order valence-corrected chi connectivity index (χ2v) is 2.89. The second-order valence-electron chi connectivity index (χ2n) is 2.89.